The first-order valence-electron chi connectivity index (χ1n) is 7.56. The van der Waals surface area contributed by atoms with Gasteiger partial charge in [0, 0.05) is 6.54 Å². The summed E-state index contributed by atoms with van der Waals surface area (Å²) in [5.41, 5.74) is 0.904. The van der Waals surface area contributed by atoms with Crippen LogP contribution in [-0.4, -0.2) is 34.7 Å². The number of hydrogen-bond acceptors (Lipinski definition) is 6. The van der Waals surface area contributed by atoms with E-state index in [0.29, 0.717) is 24.7 Å². The lowest BCUT2D eigenvalue weighted by Gasteiger charge is -2.19. The number of methoxy groups -OCH3 is 1. The number of fused-ring (bicyclic) bond motifs is 1. The first kappa shape index (κ1) is 17.2. The summed E-state index contributed by atoms with van der Waals surface area (Å²) in [6.45, 7) is 1.04. The summed E-state index contributed by atoms with van der Waals surface area (Å²) in [6, 6.07) is 10.9. The molecule has 2 aromatic rings. The van der Waals surface area contributed by atoms with Crippen LogP contribution in [0, 0.1) is 0 Å². The minimum Gasteiger partial charge on any atom is -0.486 e. The van der Waals surface area contributed by atoms with E-state index in [1.165, 1.54) is 31.4 Å². The van der Waals surface area contributed by atoms with Crippen LogP contribution in [0.3, 0.4) is 0 Å². The van der Waals surface area contributed by atoms with Crippen LogP contribution in [0.2, 0.25) is 0 Å². The molecule has 2 aromatic carbocycles. The van der Waals surface area contributed by atoms with Crippen LogP contribution in [0.15, 0.2) is 47.4 Å². The second-order valence-electron chi connectivity index (χ2n) is 5.32. The van der Waals surface area contributed by atoms with E-state index in [0.717, 1.165) is 5.56 Å². The Kier molecular flexibility index (Phi) is 4.91. The predicted octanol–water partition coefficient (Wildman–Crippen LogP) is 1.72. The molecule has 0 radical (unpaired) electrons. The Hall–Kier alpha value is -2.58. The third-order valence-electron chi connectivity index (χ3n) is 3.64. The van der Waals surface area contributed by atoms with Crippen LogP contribution < -0.4 is 14.2 Å². The van der Waals surface area contributed by atoms with E-state index in [2.05, 4.69) is 9.46 Å². The third-order valence-corrected chi connectivity index (χ3v) is 5.04. The second-order valence-corrected chi connectivity index (χ2v) is 7.09. The van der Waals surface area contributed by atoms with Gasteiger partial charge in [-0.3, -0.25) is 0 Å². The van der Waals surface area contributed by atoms with Gasteiger partial charge in [0.05, 0.1) is 17.6 Å². The van der Waals surface area contributed by atoms with Crippen LogP contribution in [-0.2, 0) is 21.3 Å². The third kappa shape index (κ3) is 3.92. The molecule has 0 bridgehead atoms. The summed E-state index contributed by atoms with van der Waals surface area (Å²) >= 11 is 0. The molecule has 0 amide bonds. The second kappa shape index (κ2) is 7.12. The molecule has 0 saturated heterocycles. The van der Waals surface area contributed by atoms with Crippen LogP contribution in [0.1, 0.15) is 15.9 Å². The highest BCUT2D eigenvalue weighted by Gasteiger charge is 2.17. The molecule has 8 heteroatoms. The zero-order chi connectivity index (χ0) is 17.9. The monoisotopic (exact) mass is 363 g/mol. The summed E-state index contributed by atoms with van der Waals surface area (Å²) in [7, 11) is -2.53. The number of carbonyl (C=O) groups is 1. The summed E-state index contributed by atoms with van der Waals surface area (Å²) in [5, 5.41) is 0. The highest BCUT2D eigenvalue weighted by Crippen LogP contribution is 2.30. The first-order chi connectivity index (χ1) is 12.0. The first-order valence-corrected chi connectivity index (χ1v) is 9.04. The molecule has 0 fully saturated rings. The number of benzene rings is 2. The molecule has 1 heterocycles. The number of sulfonamides is 1. The molecule has 25 heavy (non-hydrogen) atoms. The molecule has 1 N–H and O–H groups in total. The van der Waals surface area contributed by atoms with E-state index in [9.17, 15) is 13.2 Å². The predicted molar refractivity (Wildman–Crippen MR) is 89.2 cm³/mol. The van der Waals surface area contributed by atoms with Crippen molar-refractivity contribution in [1.82, 2.24) is 4.72 Å². The maximum Gasteiger partial charge on any atom is 0.337 e. The van der Waals surface area contributed by atoms with Crippen molar-refractivity contribution in [3.63, 3.8) is 0 Å². The van der Waals surface area contributed by atoms with Gasteiger partial charge in [-0.15, -0.1) is 0 Å². The molecule has 7 nitrogen and oxygen atoms in total. The average molecular weight is 363 g/mol. The fraction of sp³-hybridized carbons (Fsp3) is 0.235. The van der Waals surface area contributed by atoms with Crippen LogP contribution >= 0.6 is 0 Å². The van der Waals surface area contributed by atoms with Gasteiger partial charge in [0.25, 0.3) is 0 Å². The Balaban J connectivity index is 1.75. The van der Waals surface area contributed by atoms with Crippen molar-refractivity contribution < 1.29 is 27.4 Å². The lowest BCUT2D eigenvalue weighted by molar-refractivity contribution is 0.0600. The number of ether oxygens (including phenoxy) is 3. The molecular weight excluding hydrogens is 346 g/mol. The van der Waals surface area contributed by atoms with Crippen LogP contribution in [0.25, 0.3) is 0 Å². The van der Waals surface area contributed by atoms with Crippen molar-refractivity contribution in [2.45, 2.75) is 11.4 Å². The Morgan fingerprint density at radius 1 is 1.12 bits per heavy atom. The van der Waals surface area contributed by atoms with Gasteiger partial charge in [-0.2, -0.15) is 0 Å². The molecule has 0 atom stereocenters. The lowest BCUT2D eigenvalue weighted by atomic mass is 10.2. The Labute approximate surface area is 145 Å². The highest BCUT2D eigenvalue weighted by molar-refractivity contribution is 7.89. The molecule has 1 aliphatic rings. The van der Waals surface area contributed by atoms with Gasteiger partial charge in [-0.25, -0.2) is 17.9 Å². The van der Waals surface area contributed by atoms with Gasteiger partial charge in [-0.05, 0) is 35.9 Å². The number of nitrogens with one attached hydrogen (secondary N) is 1. The summed E-state index contributed by atoms with van der Waals surface area (Å²) in [4.78, 5) is 11.5. The molecule has 0 aromatic heterocycles. The minimum atomic E-state index is -3.77. The van der Waals surface area contributed by atoms with Crippen LogP contribution in [0.4, 0.5) is 0 Å². The van der Waals surface area contributed by atoms with E-state index in [-0.39, 0.29) is 17.0 Å². The van der Waals surface area contributed by atoms with E-state index >= 15 is 0 Å². The zero-order valence-corrected chi connectivity index (χ0v) is 14.3. The topological polar surface area (TPSA) is 90.9 Å². The van der Waals surface area contributed by atoms with Gasteiger partial charge in [0.15, 0.2) is 11.5 Å². The molecule has 1 aliphatic heterocycles. The van der Waals surface area contributed by atoms with Crippen molar-refractivity contribution in [3.8, 4) is 11.5 Å². The van der Waals surface area contributed by atoms with Gasteiger partial charge in [0.1, 0.15) is 13.2 Å². The Morgan fingerprint density at radius 3 is 2.64 bits per heavy atom. The highest BCUT2D eigenvalue weighted by atomic mass is 32.2. The molecule has 0 saturated carbocycles. The summed E-state index contributed by atoms with van der Waals surface area (Å²) in [5.74, 6) is 0.642. The maximum absolute atomic E-state index is 12.4. The minimum absolute atomic E-state index is 0.00653. The molecular formula is C17H17NO6S. The number of rotatable bonds is 5. The van der Waals surface area contributed by atoms with Crippen molar-refractivity contribution in [2.75, 3.05) is 20.3 Å². The lowest BCUT2D eigenvalue weighted by Crippen LogP contribution is -2.24. The summed E-state index contributed by atoms with van der Waals surface area (Å²) in [6.07, 6.45) is 0. The SMILES string of the molecule is COC(=O)c1cccc(S(=O)(=O)NCc2ccc3c(c2)OCCO3)c1. The van der Waals surface area contributed by atoms with Crippen molar-refractivity contribution in [3.05, 3.63) is 53.6 Å². The van der Waals surface area contributed by atoms with E-state index in [1.54, 1.807) is 18.2 Å². The largest absolute Gasteiger partial charge is 0.486 e. The Bertz CT molecular complexity index is 894. The number of hydrogen-bond donors (Lipinski definition) is 1. The van der Waals surface area contributed by atoms with Gasteiger partial charge in [-0.1, -0.05) is 12.1 Å². The van der Waals surface area contributed by atoms with E-state index in [4.69, 9.17) is 9.47 Å². The fourth-order valence-electron chi connectivity index (χ4n) is 2.37. The molecule has 0 aliphatic carbocycles. The maximum atomic E-state index is 12.4. The molecule has 0 unspecified atom stereocenters. The average Bonchev–Trinajstić information content (AvgIpc) is 2.65. The molecule has 132 valence electrons. The van der Waals surface area contributed by atoms with Gasteiger partial charge in [0.2, 0.25) is 10.0 Å². The van der Waals surface area contributed by atoms with Crippen molar-refractivity contribution in [2.24, 2.45) is 0 Å². The molecule has 0 spiro atoms. The smallest absolute Gasteiger partial charge is 0.337 e. The van der Waals surface area contributed by atoms with Crippen LogP contribution in [0.5, 0.6) is 11.5 Å². The normalized spacial score (nSPS) is 13.3. The number of esters is 1. The van der Waals surface area contributed by atoms with Crippen molar-refractivity contribution >= 4 is 16.0 Å². The standard InChI is InChI=1S/C17H17NO6S/c1-22-17(19)13-3-2-4-14(10-13)25(20,21)18-11-12-5-6-15-16(9-12)24-8-7-23-15/h2-6,9-10,18H,7-8,11H2,1H3. The fourth-order valence-corrected chi connectivity index (χ4v) is 3.43. The van der Waals surface area contributed by atoms with Crippen molar-refractivity contribution in [1.29, 1.82) is 0 Å². The molecule has 3 rings (SSSR count). The summed E-state index contributed by atoms with van der Waals surface area (Å²) < 4.78 is 42.9. The quantitative estimate of drug-likeness (QED) is 0.814. The van der Waals surface area contributed by atoms with E-state index < -0.39 is 16.0 Å². The van der Waals surface area contributed by atoms with Gasteiger partial charge < -0.3 is 14.2 Å². The zero-order valence-electron chi connectivity index (χ0n) is 13.5. The Morgan fingerprint density at radius 2 is 1.88 bits per heavy atom. The van der Waals surface area contributed by atoms with E-state index in [1.807, 2.05) is 0 Å². The van der Waals surface area contributed by atoms with Gasteiger partial charge >= 0.3 is 5.97 Å². The number of carbonyl (C=O) groups excluding carboxylic acids is 1.